The van der Waals surface area contributed by atoms with Crippen LogP contribution in [0.1, 0.15) is 81.5 Å². The van der Waals surface area contributed by atoms with E-state index in [1.165, 1.54) is 9.13 Å². The molecule has 0 saturated carbocycles. The second-order valence-electron chi connectivity index (χ2n) is 29.3. The molecule has 0 saturated heterocycles. The summed E-state index contributed by atoms with van der Waals surface area (Å²) in [4.78, 5) is 4.11. The van der Waals surface area contributed by atoms with Gasteiger partial charge in [-0.05, 0) is 187 Å². The third kappa shape index (κ3) is 9.30. The minimum atomic E-state index is -0.860. The number of hydrogen-bond donors (Lipinski definition) is 0. The van der Waals surface area contributed by atoms with E-state index in [0.29, 0.717) is 67.0 Å². The third-order valence-electron chi connectivity index (χ3n) is 21.3. The Kier molecular flexibility index (Phi) is 9.39. The van der Waals surface area contributed by atoms with Gasteiger partial charge in [0.05, 0.1) is 73.3 Å². The standard InChI is InChI=1S/C98H72BN5O/c1-97(2,3)67-44-50-86-78(57-67)79-58-68(98(4,5)6)45-51-87(79)101(86)70-47-49-81-91(60-70)104(89-43-25-37-77-76-36-24-42-88(95(76)105-96(77)89)103-84-40-22-18-34-74(84)75-35-19-23-41-85(75)103)93-56-66(63-30-14-9-15-31-63)55-92-94(93)99(81)80-48-46-69(100-82-38-20-16-32-72(82)73-33-17-21-39-83(73)100)59-90(80)102(92)71-53-64(61-26-10-7-11-27-61)52-65(54-71)62-28-12-8-13-29-62/h7-60H,1-6H3/i9D,14D,15D,16D,17D,18D,19D,20D,21D,22D,23D,30D,31D,32D,33D,34D,35D,38D,39D,40D,41D. The fraction of sp³-hybridized carbons (Fsp3) is 0.0816. The normalized spacial score (nSPS) is 15.8. The zero-order valence-electron chi connectivity index (χ0n) is 78.8. The summed E-state index contributed by atoms with van der Waals surface area (Å²) in [5.41, 5.74) is 12.5. The summed E-state index contributed by atoms with van der Waals surface area (Å²) in [5.74, 6) is 0. The molecule has 2 aliphatic heterocycles. The molecule has 0 fully saturated rings. The van der Waals surface area contributed by atoms with E-state index in [9.17, 15) is 19.2 Å². The molecule has 2 aliphatic rings. The van der Waals surface area contributed by atoms with Crippen molar-refractivity contribution < 1.29 is 33.2 Å². The van der Waals surface area contributed by atoms with Crippen LogP contribution >= 0.6 is 0 Å². The maximum absolute atomic E-state index is 10.0. The van der Waals surface area contributed by atoms with Crippen LogP contribution in [0.25, 0.3) is 138 Å². The van der Waals surface area contributed by atoms with E-state index in [1.807, 2.05) is 126 Å². The van der Waals surface area contributed by atoms with E-state index >= 15 is 0 Å². The Morgan fingerprint density at radius 3 is 1.21 bits per heavy atom. The molecule has 0 amide bonds. The van der Waals surface area contributed by atoms with Crippen molar-refractivity contribution in [3.8, 4) is 50.4 Å². The van der Waals surface area contributed by atoms with Gasteiger partial charge in [-0.3, -0.25) is 0 Å². The molecule has 19 aromatic rings. The highest BCUT2D eigenvalue weighted by molar-refractivity contribution is 7.00. The fourth-order valence-electron chi connectivity index (χ4n) is 16.4. The molecule has 498 valence electrons. The zero-order valence-corrected chi connectivity index (χ0v) is 57.8. The van der Waals surface area contributed by atoms with Crippen LogP contribution in [-0.2, 0) is 10.8 Å². The molecule has 0 N–H and O–H groups in total. The number of furan rings is 1. The Morgan fingerprint density at radius 2 is 0.705 bits per heavy atom. The lowest BCUT2D eigenvalue weighted by molar-refractivity contribution is 0.590. The van der Waals surface area contributed by atoms with E-state index in [-0.39, 0.29) is 88.1 Å². The van der Waals surface area contributed by atoms with E-state index in [4.69, 9.17) is 14.0 Å². The molecule has 0 atom stereocenters. The molecule has 105 heavy (non-hydrogen) atoms. The van der Waals surface area contributed by atoms with Crippen molar-refractivity contribution >= 4 is 145 Å². The summed E-state index contributed by atoms with van der Waals surface area (Å²) in [6.45, 7) is 12.3. The summed E-state index contributed by atoms with van der Waals surface area (Å²) < 4.78 is 210. The molecule has 21 rings (SSSR count). The Bertz CT molecular complexity index is 7850. The van der Waals surface area contributed by atoms with Gasteiger partial charge in [0.1, 0.15) is 0 Å². The number of para-hydroxylation sites is 6. The molecule has 0 spiro atoms. The number of nitrogens with zero attached hydrogens (tertiary/aromatic N) is 5. The predicted molar refractivity (Wildman–Crippen MR) is 444 cm³/mol. The Morgan fingerprint density at radius 1 is 0.276 bits per heavy atom. The van der Waals surface area contributed by atoms with Crippen molar-refractivity contribution in [2.24, 2.45) is 0 Å². The summed E-state index contributed by atoms with van der Waals surface area (Å²) in [6, 6.07) is 53.6. The summed E-state index contributed by atoms with van der Waals surface area (Å²) in [6.07, 6.45) is 0. The van der Waals surface area contributed by atoms with Gasteiger partial charge < -0.3 is 27.9 Å². The Labute approximate surface area is 639 Å². The first-order valence-electron chi connectivity index (χ1n) is 45.5. The third-order valence-corrected chi connectivity index (χ3v) is 21.3. The molecule has 4 aromatic heterocycles. The lowest BCUT2D eigenvalue weighted by atomic mass is 9.33. The van der Waals surface area contributed by atoms with Gasteiger partial charge in [0.15, 0.2) is 11.2 Å². The predicted octanol–water partition coefficient (Wildman–Crippen LogP) is 24.6. The number of anilines is 6. The fourth-order valence-corrected chi connectivity index (χ4v) is 16.4. The van der Waals surface area contributed by atoms with Crippen LogP contribution in [-0.4, -0.2) is 20.4 Å². The summed E-state index contributed by atoms with van der Waals surface area (Å²) in [7, 11) is 0. The molecular weight excluding hydrogens is 1270 g/mol. The number of aromatic nitrogens is 3. The molecule has 6 heterocycles. The molecule has 7 heteroatoms. The molecule has 15 aromatic carbocycles. The smallest absolute Gasteiger partial charge is 0.252 e. The Balaban J connectivity index is 0.939. The SMILES string of the molecule is [2H]c1c([2H])c([2H])c(-c2cc3c4c(c2)N(c2cccc5c2oc2c(-n6c7c([2H])c([2H])c([2H])c([2H])c7c7c([2H])c([2H])c([2H])c([2H])c76)cccc25)c2cc(-n5c6ccc(C(C)(C)C)cc6c6cc(C(C)(C)C)ccc65)ccc2B4c2ccc(-n4c5c([2H])c([2H])c([2H])c([2H])c5c5c([2H])c([2H])c([2H])c([2H])c54)cc2N3c2cc(-c3ccccc3)cc(-c3ccccc3)c2)c([2H])c1[2H]. The van der Waals surface area contributed by atoms with Gasteiger partial charge >= 0.3 is 0 Å². The van der Waals surface area contributed by atoms with Gasteiger partial charge in [0, 0.05) is 82.9 Å². The largest absolute Gasteiger partial charge is 0.452 e. The van der Waals surface area contributed by atoms with Crippen LogP contribution in [0.5, 0.6) is 0 Å². The van der Waals surface area contributed by atoms with Gasteiger partial charge in [-0.1, -0.05) is 253 Å². The average Bonchev–Trinajstić information content (AvgIpc) is 1.21. The van der Waals surface area contributed by atoms with Crippen molar-refractivity contribution in [1.29, 1.82) is 0 Å². The van der Waals surface area contributed by atoms with Gasteiger partial charge in [0.25, 0.3) is 6.71 Å². The molecule has 0 aliphatic carbocycles. The zero-order chi connectivity index (χ0) is 88.4. The van der Waals surface area contributed by atoms with Crippen LogP contribution in [0.2, 0.25) is 0 Å². The number of rotatable bonds is 8. The molecule has 0 unspecified atom stereocenters. The highest BCUT2D eigenvalue weighted by atomic mass is 16.3. The van der Waals surface area contributed by atoms with Gasteiger partial charge in [-0.15, -0.1) is 0 Å². The average molecular weight is 1370 g/mol. The lowest BCUT2D eigenvalue weighted by Gasteiger charge is -2.44. The van der Waals surface area contributed by atoms with Gasteiger partial charge in [-0.2, -0.15) is 0 Å². The number of hydrogen-bond acceptors (Lipinski definition) is 3. The second kappa shape index (κ2) is 22.8. The van der Waals surface area contributed by atoms with Crippen molar-refractivity contribution in [3.63, 3.8) is 0 Å². The maximum Gasteiger partial charge on any atom is 0.252 e. The van der Waals surface area contributed by atoms with Crippen molar-refractivity contribution in [2.75, 3.05) is 9.80 Å². The first-order chi connectivity index (χ1) is 60.1. The minimum absolute atomic E-state index is 0.114. The number of benzene rings is 15. The van der Waals surface area contributed by atoms with Crippen molar-refractivity contribution in [2.45, 2.75) is 52.4 Å². The second-order valence-corrected chi connectivity index (χ2v) is 29.3. The first kappa shape index (κ1) is 43.2. The topological polar surface area (TPSA) is 34.4 Å². The highest BCUT2D eigenvalue weighted by Gasteiger charge is 2.45. The highest BCUT2D eigenvalue weighted by Crippen LogP contribution is 2.52. The van der Waals surface area contributed by atoms with Crippen LogP contribution in [0.4, 0.5) is 34.1 Å². The quantitative estimate of drug-likeness (QED) is 0.142. The van der Waals surface area contributed by atoms with E-state index in [1.54, 1.807) is 18.2 Å². The number of fused-ring (bicyclic) bond motifs is 16. The van der Waals surface area contributed by atoms with E-state index in [0.717, 1.165) is 55.2 Å². The molecule has 0 bridgehead atoms. The van der Waals surface area contributed by atoms with Crippen molar-refractivity contribution in [3.05, 3.63) is 338 Å². The Hall–Kier alpha value is -12.8. The van der Waals surface area contributed by atoms with Crippen molar-refractivity contribution in [1.82, 2.24) is 13.7 Å². The molecule has 0 radical (unpaired) electrons. The first-order valence-corrected chi connectivity index (χ1v) is 35.0. The maximum atomic E-state index is 10.0. The summed E-state index contributed by atoms with van der Waals surface area (Å²) in [5, 5.41) is 2.52. The monoisotopic (exact) mass is 1370 g/mol. The van der Waals surface area contributed by atoms with Crippen LogP contribution in [0, 0.1) is 0 Å². The molecular formula is C98H72BN5O. The van der Waals surface area contributed by atoms with Gasteiger partial charge in [-0.25, -0.2) is 0 Å². The lowest BCUT2D eigenvalue weighted by Crippen LogP contribution is -2.61. The van der Waals surface area contributed by atoms with Crippen LogP contribution in [0.15, 0.2) is 331 Å². The van der Waals surface area contributed by atoms with Crippen LogP contribution in [0.3, 0.4) is 0 Å². The minimum Gasteiger partial charge on any atom is -0.452 e. The van der Waals surface area contributed by atoms with Crippen LogP contribution < -0.4 is 26.2 Å². The summed E-state index contributed by atoms with van der Waals surface area (Å²) >= 11 is 0. The van der Waals surface area contributed by atoms with E-state index in [2.05, 4.69) is 112 Å². The van der Waals surface area contributed by atoms with Gasteiger partial charge in [0.2, 0.25) is 0 Å². The van der Waals surface area contributed by atoms with E-state index < -0.39 is 134 Å². The molecule has 6 nitrogen and oxygen atoms in total.